The minimum Gasteiger partial charge on any atom is -0.493 e. The van der Waals surface area contributed by atoms with Crippen LogP contribution in [0.2, 0.25) is 0 Å². The van der Waals surface area contributed by atoms with Gasteiger partial charge in [0.2, 0.25) is 5.75 Å². The van der Waals surface area contributed by atoms with Crippen LogP contribution < -0.4 is 24.8 Å². The molecule has 1 aromatic heterocycles. The molecule has 0 atom stereocenters. The number of ether oxygens (including phenoxy) is 3. The number of thiazole rings is 1. The Morgan fingerprint density at radius 2 is 1.74 bits per heavy atom. The fraction of sp³-hybridized carbons (Fsp3) is 0.474. The molecule has 0 bridgehead atoms. The van der Waals surface area contributed by atoms with Gasteiger partial charge in [0.1, 0.15) is 0 Å². The van der Waals surface area contributed by atoms with E-state index in [0.29, 0.717) is 23.8 Å². The van der Waals surface area contributed by atoms with Gasteiger partial charge in [-0.2, -0.15) is 0 Å². The molecule has 1 heterocycles. The van der Waals surface area contributed by atoms with Gasteiger partial charge in [0, 0.05) is 43.2 Å². The second-order valence-corrected chi connectivity index (χ2v) is 7.10. The first-order valence-electron chi connectivity index (χ1n) is 8.76. The molecule has 0 saturated heterocycles. The van der Waals surface area contributed by atoms with Crippen LogP contribution in [0.5, 0.6) is 17.2 Å². The molecular weight excluding hydrogens is 364 g/mol. The van der Waals surface area contributed by atoms with Crippen molar-refractivity contribution in [1.29, 1.82) is 0 Å². The first-order chi connectivity index (χ1) is 13.1. The number of rotatable bonds is 9. The van der Waals surface area contributed by atoms with Crippen LogP contribution in [-0.2, 0) is 12.8 Å². The molecule has 27 heavy (non-hydrogen) atoms. The molecule has 0 aliphatic rings. The molecule has 0 fully saturated rings. The zero-order valence-electron chi connectivity index (χ0n) is 16.6. The predicted octanol–water partition coefficient (Wildman–Crippen LogP) is 2.43. The summed E-state index contributed by atoms with van der Waals surface area (Å²) < 4.78 is 16.3. The maximum absolute atomic E-state index is 5.53. The molecule has 0 radical (unpaired) electrons. The maximum Gasteiger partial charge on any atom is 0.203 e. The summed E-state index contributed by atoms with van der Waals surface area (Å²) in [4.78, 5) is 9.87. The number of aryl methyl sites for hydroxylation is 1. The Balaban J connectivity index is 1.86. The smallest absolute Gasteiger partial charge is 0.203 e. The molecule has 0 unspecified atom stereocenters. The van der Waals surface area contributed by atoms with E-state index >= 15 is 0 Å². The highest BCUT2D eigenvalue weighted by Crippen LogP contribution is 2.39. The Bertz CT molecular complexity index is 761. The third-order valence-corrected chi connectivity index (χ3v) is 4.97. The first kappa shape index (κ1) is 20.8. The number of guanidine groups is 1. The minimum atomic E-state index is 0.610. The van der Waals surface area contributed by atoms with Gasteiger partial charge < -0.3 is 24.8 Å². The summed E-state index contributed by atoms with van der Waals surface area (Å²) in [5.74, 6) is 2.73. The number of hydrogen-bond acceptors (Lipinski definition) is 6. The average molecular weight is 393 g/mol. The van der Waals surface area contributed by atoms with Crippen LogP contribution in [0.3, 0.4) is 0 Å². The van der Waals surface area contributed by atoms with E-state index < -0.39 is 0 Å². The molecule has 2 aromatic rings. The van der Waals surface area contributed by atoms with E-state index in [1.165, 1.54) is 4.88 Å². The van der Waals surface area contributed by atoms with Crippen LogP contribution in [0, 0.1) is 6.92 Å². The molecule has 7 nitrogen and oxygen atoms in total. The van der Waals surface area contributed by atoms with Gasteiger partial charge in [0.25, 0.3) is 0 Å². The molecular formula is C19H28N4O3S. The molecule has 0 aliphatic heterocycles. The fourth-order valence-corrected chi connectivity index (χ4v) is 3.49. The number of nitrogens with zero attached hydrogens (tertiary/aromatic N) is 2. The quantitative estimate of drug-likeness (QED) is 0.504. The van der Waals surface area contributed by atoms with Crippen molar-refractivity contribution in [2.24, 2.45) is 4.99 Å². The molecule has 1 aromatic carbocycles. The number of benzene rings is 1. The van der Waals surface area contributed by atoms with Crippen molar-refractivity contribution < 1.29 is 14.2 Å². The highest BCUT2D eigenvalue weighted by atomic mass is 32.1. The highest BCUT2D eigenvalue weighted by Gasteiger charge is 2.15. The summed E-state index contributed by atoms with van der Waals surface area (Å²) >= 11 is 1.73. The Labute approximate surface area is 164 Å². The van der Waals surface area contributed by atoms with Crippen LogP contribution in [0.4, 0.5) is 0 Å². The van der Waals surface area contributed by atoms with E-state index in [2.05, 4.69) is 27.5 Å². The summed E-state index contributed by atoms with van der Waals surface area (Å²) in [6.45, 7) is 3.56. The largest absolute Gasteiger partial charge is 0.493 e. The first-order valence-corrected chi connectivity index (χ1v) is 9.58. The van der Waals surface area contributed by atoms with Crippen molar-refractivity contribution in [2.75, 3.05) is 41.5 Å². The molecule has 0 saturated carbocycles. The third-order valence-electron chi connectivity index (χ3n) is 4.00. The van der Waals surface area contributed by atoms with Crippen molar-refractivity contribution >= 4 is 17.3 Å². The van der Waals surface area contributed by atoms with Crippen molar-refractivity contribution in [3.8, 4) is 17.2 Å². The lowest BCUT2D eigenvalue weighted by Crippen LogP contribution is -2.39. The van der Waals surface area contributed by atoms with Gasteiger partial charge in [-0.05, 0) is 19.4 Å². The van der Waals surface area contributed by atoms with Crippen LogP contribution >= 0.6 is 11.3 Å². The van der Waals surface area contributed by atoms with Gasteiger partial charge in [-0.1, -0.05) is 6.07 Å². The van der Waals surface area contributed by atoms with Gasteiger partial charge >= 0.3 is 0 Å². The standard InChI is InChI=1S/C19H28N4O3S/c1-13-12-23-16(27-13)9-11-22-19(20-2)21-10-8-14-6-7-15(24-3)18(26-5)17(14)25-4/h6-7,12H,8-11H2,1-5H3,(H2,20,21,22). The van der Waals surface area contributed by atoms with Crippen LogP contribution in [0.25, 0.3) is 0 Å². The molecule has 0 aliphatic carbocycles. The molecule has 8 heteroatoms. The van der Waals surface area contributed by atoms with Crippen LogP contribution in [0.1, 0.15) is 15.4 Å². The second-order valence-electron chi connectivity index (χ2n) is 5.78. The van der Waals surface area contributed by atoms with Gasteiger partial charge in [-0.3, -0.25) is 4.99 Å². The lowest BCUT2D eigenvalue weighted by atomic mass is 10.1. The molecule has 148 valence electrons. The zero-order valence-corrected chi connectivity index (χ0v) is 17.4. The Kier molecular flexibility index (Phi) is 8.19. The Morgan fingerprint density at radius 1 is 1.04 bits per heavy atom. The topological polar surface area (TPSA) is 77.0 Å². The maximum atomic E-state index is 5.53. The normalized spacial score (nSPS) is 11.2. The van der Waals surface area contributed by atoms with Crippen molar-refractivity contribution in [2.45, 2.75) is 19.8 Å². The van der Waals surface area contributed by atoms with Crippen molar-refractivity contribution in [1.82, 2.24) is 15.6 Å². The summed E-state index contributed by atoms with van der Waals surface area (Å²) in [7, 11) is 6.62. The van der Waals surface area contributed by atoms with E-state index in [0.717, 1.165) is 35.9 Å². The van der Waals surface area contributed by atoms with E-state index in [4.69, 9.17) is 14.2 Å². The van der Waals surface area contributed by atoms with E-state index in [9.17, 15) is 0 Å². The van der Waals surface area contributed by atoms with Crippen LogP contribution in [-0.4, -0.2) is 52.4 Å². The molecule has 0 amide bonds. The summed E-state index contributed by atoms with van der Waals surface area (Å²) in [6.07, 6.45) is 3.54. The predicted molar refractivity (Wildman–Crippen MR) is 110 cm³/mol. The zero-order chi connectivity index (χ0) is 19.6. The molecule has 2 N–H and O–H groups in total. The summed E-state index contributed by atoms with van der Waals surface area (Å²) in [5, 5.41) is 7.76. The Morgan fingerprint density at radius 3 is 2.30 bits per heavy atom. The van der Waals surface area contributed by atoms with Gasteiger partial charge in [0.15, 0.2) is 17.5 Å². The molecule has 2 rings (SSSR count). The number of hydrogen-bond donors (Lipinski definition) is 2. The fourth-order valence-electron chi connectivity index (χ4n) is 2.70. The second kappa shape index (κ2) is 10.6. The summed E-state index contributed by atoms with van der Waals surface area (Å²) in [5.41, 5.74) is 1.04. The molecule has 0 spiro atoms. The number of aromatic nitrogens is 1. The monoisotopic (exact) mass is 392 g/mol. The third kappa shape index (κ3) is 5.75. The van der Waals surface area contributed by atoms with Gasteiger partial charge in [-0.25, -0.2) is 4.98 Å². The van der Waals surface area contributed by atoms with Crippen LogP contribution in [0.15, 0.2) is 23.3 Å². The number of aliphatic imine (C=N–C) groups is 1. The Hall–Kier alpha value is -2.48. The number of methoxy groups -OCH3 is 3. The number of nitrogens with one attached hydrogen (secondary N) is 2. The van der Waals surface area contributed by atoms with Gasteiger partial charge in [-0.15, -0.1) is 11.3 Å². The van der Waals surface area contributed by atoms with Crippen molar-refractivity contribution in [3.63, 3.8) is 0 Å². The van der Waals surface area contributed by atoms with E-state index in [1.807, 2.05) is 18.3 Å². The lowest BCUT2D eigenvalue weighted by molar-refractivity contribution is 0.322. The summed E-state index contributed by atoms with van der Waals surface area (Å²) in [6, 6.07) is 3.88. The average Bonchev–Trinajstić information content (AvgIpc) is 3.10. The SMILES string of the molecule is CN=C(NCCc1ncc(C)s1)NCCc1ccc(OC)c(OC)c1OC. The lowest BCUT2D eigenvalue weighted by Gasteiger charge is -2.16. The minimum absolute atomic E-state index is 0.610. The highest BCUT2D eigenvalue weighted by molar-refractivity contribution is 7.11. The van der Waals surface area contributed by atoms with E-state index in [1.54, 1.807) is 39.7 Å². The van der Waals surface area contributed by atoms with Gasteiger partial charge in [0.05, 0.1) is 26.3 Å². The van der Waals surface area contributed by atoms with Crippen molar-refractivity contribution in [3.05, 3.63) is 33.8 Å². The van der Waals surface area contributed by atoms with E-state index in [-0.39, 0.29) is 0 Å².